The minimum Gasteiger partial charge on any atom is -0.492 e. The molecule has 17 heteroatoms. The number of esters is 1. The molecule has 4 aromatic rings. The average Bonchev–Trinajstić information content (AvgIpc) is 3.07. The highest BCUT2D eigenvalue weighted by Crippen LogP contribution is 2.26. The Morgan fingerprint density at radius 3 is 2.43 bits per heavy atom. The molecule has 256 valence electrons. The third kappa shape index (κ3) is 9.51. The molecule has 4 N–H and O–H groups in total. The summed E-state index contributed by atoms with van der Waals surface area (Å²) < 4.78 is 57.2. The largest absolute Gasteiger partial charge is 0.492 e. The molecule has 2 amide bonds. The Hall–Kier alpha value is -6.02. The lowest BCUT2D eigenvalue weighted by atomic mass is 10.0. The summed E-state index contributed by atoms with van der Waals surface area (Å²) in [6.45, 7) is 1.82. The van der Waals surface area contributed by atoms with Crippen molar-refractivity contribution in [2.45, 2.75) is 32.1 Å². The zero-order valence-electron chi connectivity index (χ0n) is 25.9. The predicted molar refractivity (Wildman–Crippen MR) is 168 cm³/mol. The smallest absolute Gasteiger partial charge is 0.471 e. The molecule has 2 heterocycles. The van der Waals surface area contributed by atoms with Gasteiger partial charge in [-0.1, -0.05) is 18.1 Å². The molecule has 0 aliphatic carbocycles. The minimum absolute atomic E-state index is 0.0198. The van der Waals surface area contributed by atoms with Crippen LogP contribution >= 0.6 is 0 Å². The van der Waals surface area contributed by atoms with Crippen LogP contribution in [-0.2, 0) is 32.0 Å². The third-order valence-corrected chi connectivity index (χ3v) is 6.65. The highest BCUT2D eigenvalue weighted by molar-refractivity contribution is 6.08. The molecule has 0 bridgehead atoms. The molecule has 4 rings (SSSR count). The molecule has 0 aliphatic heterocycles. The van der Waals surface area contributed by atoms with Gasteiger partial charge in [-0.15, -0.1) is 6.42 Å². The maximum Gasteiger partial charge on any atom is 0.471 e. The summed E-state index contributed by atoms with van der Waals surface area (Å²) in [7, 11) is 0. The van der Waals surface area contributed by atoms with Gasteiger partial charge in [-0.2, -0.15) is 23.1 Å². The number of rotatable bonds is 14. The van der Waals surface area contributed by atoms with Crippen LogP contribution in [0, 0.1) is 12.3 Å². The average molecular weight is 682 g/mol. The van der Waals surface area contributed by atoms with E-state index >= 15 is 0 Å². The number of terminal acetylenes is 1. The number of nitrogens with two attached hydrogens (primary N) is 1. The molecule has 1 atom stereocenters. The van der Waals surface area contributed by atoms with Gasteiger partial charge in [0.2, 0.25) is 11.8 Å². The number of ether oxygens (including phenoxy) is 3. The Labute approximate surface area is 277 Å². The number of fused-ring (bicyclic) bond motifs is 1. The maximum atomic E-state index is 13.9. The van der Waals surface area contributed by atoms with E-state index in [0.717, 1.165) is 0 Å². The molecule has 14 nitrogen and oxygen atoms in total. The number of carbonyl (C=O) groups is 3. The first-order chi connectivity index (χ1) is 23.4. The normalized spacial score (nSPS) is 11.7. The Kier molecular flexibility index (Phi) is 11.8. The topological polar surface area (TPSA) is 192 Å². The van der Waals surface area contributed by atoms with Gasteiger partial charge in [-0.25, -0.2) is 14.8 Å². The third-order valence-electron chi connectivity index (χ3n) is 6.65. The van der Waals surface area contributed by atoms with Gasteiger partial charge in [-0.3, -0.25) is 14.5 Å². The van der Waals surface area contributed by atoms with Crippen LogP contribution in [0.15, 0.2) is 54.7 Å². The van der Waals surface area contributed by atoms with Gasteiger partial charge >= 0.3 is 18.1 Å². The molecule has 0 fully saturated rings. The van der Waals surface area contributed by atoms with E-state index in [1.807, 2.05) is 0 Å². The second kappa shape index (κ2) is 16.2. The van der Waals surface area contributed by atoms with Crippen LogP contribution in [-0.4, -0.2) is 86.4 Å². The number of aromatic nitrogens is 4. The number of alkyl halides is 3. The van der Waals surface area contributed by atoms with Crippen molar-refractivity contribution in [1.82, 2.24) is 24.8 Å². The summed E-state index contributed by atoms with van der Waals surface area (Å²) in [5.74, 6) is -3.01. The molecule has 0 saturated heterocycles. The van der Waals surface area contributed by atoms with Gasteiger partial charge in [0, 0.05) is 17.7 Å². The van der Waals surface area contributed by atoms with Crippen LogP contribution in [0.5, 0.6) is 11.6 Å². The van der Waals surface area contributed by atoms with E-state index in [9.17, 15) is 32.7 Å². The number of amides is 2. The van der Waals surface area contributed by atoms with E-state index in [4.69, 9.17) is 26.4 Å². The van der Waals surface area contributed by atoms with Crippen LogP contribution in [0.25, 0.3) is 11.2 Å². The van der Waals surface area contributed by atoms with Gasteiger partial charge in [-0.05, 0) is 48.9 Å². The number of nitrogens with one attached hydrogen (secondary N) is 1. The summed E-state index contributed by atoms with van der Waals surface area (Å²) in [4.78, 5) is 55.0. The monoisotopic (exact) mass is 681 g/mol. The molecular formula is C32H30F3N7O7. The lowest BCUT2D eigenvalue weighted by Gasteiger charge is -2.29. The van der Waals surface area contributed by atoms with E-state index in [-0.39, 0.29) is 60.5 Å². The summed E-state index contributed by atoms with van der Waals surface area (Å²) in [6.07, 6.45) is 0.529. The molecule has 0 unspecified atom stereocenters. The van der Waals surface area contributed by atoms with Crippen LogP contribution < -0.4 is 15.8 Å². The number of imide groups is 1. The van der Waals surface area contributed by atoms with E-state index in [2.05, 4.69) is 31.2 Å². The fourth-order valence-electron chi connectivity index (χ4n) is 4.42. The van der Waals surface area contributed by atoms with Crippen molar-refractivity contribution >= 4 is 40.6 Å². The number of benzene rings is 2. The van der Waals surface area contributed by atoms with Crippen LogP contribution in [0.4, 0.5) is 24.8 Å². The highest BCUT2D eigenvalue weighted by atomic mass is 19.4. The molecule has 0 saturated carbocycles. The van der Waals surface area contributed by atoms with Gasteiger partial charge in [0.15, 0.2) is 11.2 Å². The van der Waals surface area contributed by atoms with Gasteiger partial charge in [0.05, 0.1) is 31.6 Å². The van der Waals surface area contributed by atoms with Crippen molar-refractivity contribution in [3.8, 4) is 24.0 Å². The fraction of sp³-hybridized carbons (Fsp3) is 0.281. The van der Waals surface area contributed by atoms with E-state index in [1.165, 1.54) is 61.7 Å². The standard InChI is InChI=1S/C32H30F3N7O7/c1-3-13-47-14-15-49-23-11-5-19(6-12-23)16-24(29(45)48-4-2)42(30(46)32(33,34)35)28(44)20-7-9-21(10-8-20)37-17-22-18-38-26-25(39-22)27(43)41-31(36)40-26/h1,5-12,18,24,37H,4,13-17H2,2H3,(H3,36,38,40,41,43)/t24-/m0/s1. The van der Waals surface area contributed by atoms with Crippen LogP contribution in [0.3, 0.4) is 0 Å². The second-order valence-corrected chi connectivity index (χ2v) is 10.1. The Bertz CT molecular complexity index is 1830. The predicted octanol–water partition coefficient (Wildman–Crippen LogP) is 3.05. The zero-order valence-corrected chi connectivity index (χ0v) is 25.9. The first-order valence-electron chi connectivity index (χ1n) is 14.6. The number of nitrogens with zero attached hydrogens (tertiary/aromatic N) is 5. The van der Waals surface area contributed by atoms with Crippen molar-refractivity contribution < 1.29 is 46.9 Å². The summed E-state index contributed by atoms with van der Waals surface area (Å²) >= 11 is 0. The van der Waals surface area contributed by atoms with Crippen LogP contribution in [0.1, 0.15) is 28.5 Å². The van der Waals surface area contributed by atoms with E-state index in [0.29, 0.717) is 22.7 Å². The SMILES string of the molecule is C#CCOCCOc1ccc(C[C@@H](C(=O)OCC)N(C(=O)c2ccc(NCc3cnc4nc(N)nc(O)c4n3)cc2)C(=O)C(F)(F)F)cc1. The number of hydrogen-bond donors (Lipinski definition) is 3. The lowest BCUT2D eigenvalue weighted by Crippen LogP contribution is -2.54. The van der Waals surface area contributed by atoms with Crippen molar-refractivity contribution in [1.29, 1.82) is 0 Å². The van der Waals surface area contributed by atoms with Gasteiger partial charge in [0.1, 0.15) is 25.0 Å². The Balaban J connectivity index is 1.53. The number of hydrogen-bond acceptors (Lipinski definition) is 13. The maximum absolute atomic E-state index is 13.9. The first-order valence-corrected chi connectivity index (χ1v) is 14.6. The van der Waals surface area contributed by atoms with E-state index in [1.54, 1.807) is 0 Å². The molecule has 2 aromatic heterocycles. The van der Waals surface area contributed by atoms with Crippen molar-refractivity contribution in [2.75, 3.05) is 37.5 Å². The minimum atomic E-state index is -5.49. The second-order valence-electron chi connectivity index (χ2n) is 10.1. The molecule has 0 radical (unpaired) electrons. The van der Waals surface area contributed by atoms with Gasteiger partial charge < -0.3 is 30.4 Å². The highest BCUT2D eigenvalue weighted by Gasteiger charge is 2.49. The van der Waals surface area contributed by atoms with Gasteiger partial charge in [0.25, 0.3) is 5.91 Å². The van der Waals surface area contributed by atoms with Crippen LogP contribution in [0.2, 0.25) is 0 Å². The van der Waals surface area contributed by atoms with Crippen molar-refractivity contribution in [3.63, 3.8) is 0 Å². The van der Waals surface area contributed by atoms with E-state index < -0.39 is 42.3 Å². The zero-order chi connectivity index (χ0) is 35.6. The molecule has 49 heavy (non-hydrogen) atoms. The molecule has 2 aromatic carbocycles. The number of anilines is 2. The number of carbonyl (C=O) groups excluding carboxylic acids is 3. The van der Waals surface area contributed by atoms with Crippen molar-refractivity contribution in [3.05, 3.63) is 71.5 Å². The Morgan fingerprint density at radius 2 is 1.78 bits per heavy atom. The molecular weight excluding hydrogens is 651 g/mol. The molecule has 0 spiro atoms. The number of aromatic hydroxyl groups is 1. The lowest BCUT2D eigenvalue weighted by molar-refractivity contribution is -0.186. The Morgan fingerprint density at radius 1 is 1.06 bits per heavy atom. The fourth-order valence-corrected chi connectivity index (χ4v) is 4.42. The summed E-state index contributed by atoms with van der Waals surface area (Å²) in [5.41, 5.74) is 6.39. The quantitative estimate of drug-likeness (QED) is 0.100. The summed E-state index contributed by atoms with van der Waals surface area (Å²) in [5, 5.41) is 13.0. The first kappa shape index (κ1) is 35.8. The summed E-state index contributed by atoms with van der Waals surface area (Å²) in [6, 6.07) is 9.18. The number of nitrogen functional groups attached to an aromatic ring is 1. The molecule has 0 aliphatic rings. The van der Waals surface area contributed by atoms with Crippen molar-refractivity contribution in [2.24, 2.45) is 0 Å². The number of halogens is 3.